The van der Waals surface area contributed by atoms with Crippen molar-refractivity contribution in [2.24, 2.45) is 0 Å². The van der Waals surface area contributed by atoms with Crippen LogP contribution >= 0.6 is 31.9 Å². The van der Waals surface area contributed by atoms with Gasteiger partial charge in [0.05, 0.1) is 18.3 Å². The van der Waals surface area contributed by atoms with Gasteiger partial charge in [-0.25, -0.2) is 0 Å². The molecule has 1 unspecified atom stereocenters. The molecule has 1 aromatic rings. The Labute approximate surface area is 107 Å². The van der Waals surface area contributed by atoms with Crippen molar-refractivity contribution in [1.82, 2.24) is 0 Å². The summed E-state index contributed by atoms with van der Waals surface area (Å²) in [6.45, 7) is 3.74. The second-order valence-electron chi connectivity index (χ2n) is 3.81. The first-order valence-electron chi connectivity index (χ1n) is 4.97. The van der Waals surface area contributed by atoms with E-state index < -0.39 is 0 Å². The van der Waals surface area contributed by atoms with Crippen molar-refractivity contribution in [3.05, 3.63) is 26.6 Å². The number of aryl methyl sites for hydroxylation is 1. The quantitative estimate of drug-likeness (QED) is 0.890. The SMILES string of the molecule is Cc1cc(Br)c(NC2CCOC2)c(Br)c1. The van der Waals surface area contributed by atoms with Crippen molar-refractivity contribution < 1.29 is 4.74 Å². The number of hydrogen-bond acceptors (Lipinski definition) is 2. The van der Waals surface area contributed by atoms with Crippen LogP contribution in [0.4, 0.5) is 5.69 Å². The minimum Gasteiger partial charge on any atom is -0.379 e. The molecular weight excluding hydrogens is 322 g/mol. The van der Waals surface area contributed by atoms with Crippen molar-refractivity contribution in [2.45, 2.75) is 19.4 Å². The molecule has 1 atom stereocenters. The monoisotopic (exact) mass is 333 g/mol. The molecule has 1 saturated heterocycles. The van der Waals surface area contributed by atoms with E-state index in [1.165, 1.54) is 5.56 Å². The molecule has 0 bridgehead atoms. The van der Waals surface area contributed by atoms with Gasteiger partial charge < -0.3 is 10.1 Å². The van der Waals surface area contributed by atoms with E-state index in [9.17, 15) is 0 Å². The molecule has 0 aromatic heterocycles. The molecule has 0 saturated carbocycles. The van der Waals surface area contributed by atoms with Crippen LogP contribution in [0, 0.1) is 6.92 Å². The zero-order valence-electron chi connectivity index (χ0n) is 8.52. The van der Waals surface area contributed by atoms with Gasteiger partial charge in [-0.2, -0.15) is 0 Å². The lowest BCUT2D eigenvalue weighted by atomic mass is 10.2. The number of benzene rings is 1. The molecule has 1 aliphatic rings. The lowest BCUT2D eigenvalue weighted by Crippen LogP contribution is -2.19. The molecule has 15 heavy (non-hydrogen) atoms. The molecule has 1 aliphatic heterocycles. The lowest BCUT2D eigenvalue weighted by molar-refractivity contribution is 0.195. The fourth-order valence-corrected chi connectivity index (χ4v) is 3.33. The average molecular weight is 335 g/mol. The third-order valence-electron chi connectivity index (χ3n) is 2.46. The third-order valence-corrected chi connectivity index (χ3v) is 3.72. The van der Waals surface area contributed by atoms with Crippen molar-refractivity contribution in [2.75, 3.05) is 18.5 Å². The smallest absolute Gasteiger partial charge is 0.0668 e. The highest BCUT2D eigenvalue weighted by atomic mass is 79.9. The summed E-state index contributed by atoms with van der Waals surface area (Å²) in [6, 6.07) is 4.66. The van der Waals surface area contributed by atoms with Crippen molar-refractivity contribution in [3.8, 4) is 0 Å². The first-order valence-corrected chi connectivity index (χ1v) is 6.55. The Balaban J connectivity index is 2.19. The summed E-state index contributed by atoms with van der Waals surface area (Å²) in [7, 11) is 0. The van der Waals surface area contributed by atoms with Crippen LogP contribution in [0.25, 0.3) is 0 Å². The van der Waals surface area contributed by atoms with E-state index >= 15 is 0 Å². The summed E-state index contributed by atoms with van der Waals surface area (Å²) in [4.78, 5) is 0. The zero-order chi connectivity index (χ0) is 10.8. The summed E-state index contributed by atoms with van der Waals surface area (Å²) in [5, 5.41) is 3.49. The highest BCUT2D eigenvalue weighted by molar-refractivity contribution is 9.11. The van der Waals surface area contributed by atoms with Gasteiger partial charge in [-0.05, 0) is 62.9 Å². The number of ether oxygens (including phenoxy) is 1. The van der Waals surface area contributed by atoms with Crippen LogP contribution in [0.5, 0.6) is 0 Å². The molecule has 1 heterocycles. The van der Waals surface area contributed by atoms with Gasteiger partial charge in [0.1, 0.15) is 0 Å². The first kappa shape index (κ1) is 11.4. The Morgan fingerprint density at radius 3 is 2.53 bits per heavy atom. The van der Waals surface area contributed by atoms with E-state index in [-0.39, 0.29) is 0 Å². The molecule has 1 N–H and O–H groups in total. The van der Waals surface area contributed by atoms with Crippen LogP contribution in [-0.4, -0.2) is 19.3 Å². The molecule has 4 heteroatoms. The molecule has 82 valence electrons. The second-order valence-corrected chi connectivity index (χ2v) is 5.52. The highest BCUT2D eigenvalue weighted by Crippen LogP contribution is 2.33. The van der Waals surface area contributed by atoms with Gasteiger partial charge in [0.25, 0.3) is 0 Å². The van der Waals surface area contributed by atoms with Gasteiger partial charge in [-0.15, -0.1) is 0 Å². The Hall–Kier alpha value is -0.0600. The Morgan fingerprint density at radius 1 is 1.33 bits per heavy atom. The van der Waals surface area contributed by atoms with Gasteiger partial charge in [-0.3, -0.25) is 0 Å². The van der Waals surface area contributed by atoms with Crippen molar-refractivity contribution in [3.63, 3.8) is 0 Å². The topological polar surface area (TPSA) is 21.3 Å². The van der Waals surface area contributed by atoms with Gasteiger partial charge >= 0.3 is 0 Å². The van der Waals surface area contributed by atoms with Gasteiger partial charge in [0.15, 0.2) is 0 Å². The second kappa shape index (κ2) is 4.85. The molecule has 0 spiro atoms. The Morgan fingerprint density at radius 2 is 2.00 bits per heavy atom. The predicted octanol–water partition coefficient (Wildman–Crippen LogP) is 3.72. The molecule has 2 rings (SSSR count). The van der Waals surface area contributed by atoms with Crippen LogP contribution in [0.2, 0.25) is 0 Å². The van der Waals surface area contributed by atoms with Crippen molar-refractivity contribution >= 4 is 37.5 Å². The van der Waals surface area contributed by atoms with E-state index in [2.05, 4.69) is 56.2 Å². The standard InChI is InChI=1S/C11H13Br2NO/c1-7-4-9(12)11(10(13)5-7)14-8-2-3-15-6-8/h4-5,8,14H,2-3,6H2,1H3. The van der Waals surface area contributed by atoms with E-state index in [4.69, 9.17) is 4.74 Å². The molecule has 0 amide bonds. The predicted molar refractivity (Wildman–Crippen MR) is 69.4 cm³/mol. The maximum absolute atomic E-state index is 5.34. The maximum atomic E-state index is 5.34. The fourth-order valence-electron chi connectivity index (χ4n) is 1.69. The fraction of sp³-hybridized carbons (Fsp3) is 0.455. The Kier molecular flexibility index (Phi) is 3.69. The van der Waals surface area contributed by atoms with Gasteiger partial charge in [0.2, 0.25) is 0 Å². The van der Waals surface area contributed by atoms with Crippen molar-refractivity contribution in [1.29, 1.82) is 0 Å². The normalized spacial score (nSPS) is 20.6. The van der Waals surface area contributed by atoms with Crippen LogP contribution in [0.1, 0.15) is 12.0 Å². The summed E-state index contributed by atoms with van der Waals surface area (Å²) >= 11 is 7.14. The van der Waals surface area contributed by atoms with E-state index in [0.717, 1.165) is 34.3 Å². The van der Waals surface area contributed by atoms with Crippen LogP contribution in [-0.2, 0) is 4.74 Å². The van der Waals surface area contributed by atoms with Gasteiger partial charge in [-0.1, -0.05) is 0 Å². The third kappa shape index (κ3) is 2.74. The molecular formula is C11H13Br2NO. The van der Waals surface area contributed by atoms with Gasteiger partial charge in [0, 0.05) is 15.6 Å². The summed E-state index contributed by atoms with van der Waals surface area (Å²) < 4.78 is 7.54. The molecule has 2 nitrogen and oxygen atoms in total. The number of rotatable bonds is 2. The number of hydrogen-bond donors (Lipinski definition) is 1. The first-order chi connectivity index (χ1) is 7.16. The highest BCUT2D eigenvalue weighted by Gasteiger charge is 2.17. The number of anilines is 1. The molecule has 1 aromatic carbocycles. The summed E-state index contributed by atoms with van der Waals surface area (Å²) in [5.74, 6) is 0. The number of nitrogens with one attached hydrogen (secondary N) is 1. The Bertz CT molecular complexity index is 339. The average Bonchev–Trinajstić information content (AvgIpc) is 2.63. The van der Waals surface area contributed by atoms with Crippen LogP contribution in [0.15, 0.2) is 21.1 Å². The molecule has 1 fully saturated rings. The van der Waals surface area contributed by atoms with E-state index in [1.807, 2.05) is 0 Å². The minimum absolute atomic E-state index is 0.431. The van der Waals surface area contributed by atoms with E-state index in [0.29, 0.717) is 6.04 Å². The van der Waals surface area contributed by atoms with Crippen LogP contribution in [0.3, 0.4) is 0 Å². The molecule has 0 radical (unpaired) electrons. The summed E-state index contributed by atoms with van der Waals surface area (Å²) in [6.07, 6.45) is 1.08. The lowest BCUT2D eigenvalue weighted by Gasteiger charge is -2.16. The molecule has 0 aliphatic carbocycles. The van der Waals surface area contributed by atoms with Crippen LogP contribution < -0.4 is 5.32 Å². The van der Waals surface area contributed by atoms with E-state index in [1.54, 1.807) is 0 Å². The maximum Gasteiger partial charge on any atom is 0.0668 e. The summed E-state index contributed by atoms with van der Waals surface area (Å²) in [5.41, 5.74) is 2.36. The minimum atomic E-state index is 0.431. The number of halogens is 2. The zero-order valence-corrected chi connectivity index (χ0v) is 11.7. The largest absolute Gasteiger partial charge is 0.379 e.